The van der Waals surface area contributed by atoms with Crippen molar-refractivity contribution in [1.29, 1.82) is 0 Å². The van der Waals surface area contributed by atoms with Gasteiger partial charge in [-0.05, 0) is 47.9 Å². The maximum atomic E-state index is 13.0. The molecule has 0 saturated carbocycles. The van der Waals surface area contributed by atoms with Gasteiger partial charge in [-0.2, -0.15) is 0 Å². The number of aryl methyl sites for hydroxylation is 1. The smallest absolute Gasteiger partial charge is 0.227 e. The van der Waals surface area contributed by atoms with Gasteiger partial charge in [0.05, 0.1) is 40.5 Å². The van der Waals surface area contributed by atoms with Gasteiger partial charge < -0.3 is 23.8 Å². The van der Waals surface area contributed by atoms with Crippen LogP contribution in [0.25, 0.3) is 0 Å². The highest BCUT2D eigenvalue weighted by atomic mass is 16.5. The summed E-state index contributed by atoms with van der Waals surface area (Å²) in [4.78, 5) is 17.3. The molecule has 0 unspecified atom stereocenters. The molecule has 0 aromatic heterocycles. The summed E-state index contributed by atoms with van der Waals surface area (Å²) >= 11 is 0. The van der Waals surface area contributed by atoms with Gasteiger partial charge in [-0.25, -0.2) is 0 Å². The molecular formula is C31H38N2O5. The van der Waals surface area contributed by atoms with Crippen LogP contribution in [0.3, 0.4) is 0 Å². The molecule has 0 N–H and O–H groups in total. The summed E-state index contributed by atoms with van der Waals surface area (Å²) in [7, 11) is 4.89. The van der Waals surface area contributed by atoms with E-state index >= 15 is 0 Å². The lowest BCUT2D eigenvalue weighted by Gasteiger charge is -2.36. The zero-order valence-corrected chi connectivity index (χ0v) is 22.8. The van der Waals surface area contributed by atoms with Gasteiger partial charge in [-0.1, -0.05) is 48.0 Å². The molecule has 0 radical (unpaired) electrons. The summed E-state index contributed by atoms with van der Waals surface area (Å²) in [6.07, 6.45) is 0.229. The Labute approximate surface area is 225 Å². The number of piperazine rings is 1. The number of nitrogens with zero attached hydrogens (tertiary/aromatic N) is 2. The number of hydrogen-bond acceptors (Lipinski definition) is 6. The molecule has 1 amide bonds. The molecule has 0 bridgehead atoms. The molecule has 4 rings (SSSR count). The van der Waals surface area contributed by atoms with Gasteiger partial charge in [-0.3, -0.25) is 9.69 Å². The van der Waals surface area contributed by atoms with Crippen molar-refractivity contribution in [1.82, 2.24) is 9.80 Å². The average Bonchev–Trinajstić information content (AvgIpc) is 2.96. The van der Waals surface area contributed by atoms with Gasteiger partial charge in [0.2, 0.25) is 5.91 Å². The Morgan fingerprint density at radius 1 is 0.816 bits per heavy atom. The predicted octanol–water partition coefficient (Wildman–Crippen LogP) is 4.67. The highest BCUT2D eigenvalue weighted by Gasteiger charge is 2.25. The van der Waals surface area contributed by atoms with Crippen LogP contribution in [0.2, 0.25) is 0 Å². The number of carbonyl (C=O) groups excluding carboxylic acids is 1. The van der Waals surface area contributed by atoms with E-state index in [0.29, 0.717) is 37.6 Å². The number of benzene rings is 3. The Balaban J connectivity index is 1.36. The highest BCUT2D eigenvalue weighted by molar-refractivity contribution is 5.79. The first-order valence-corrected chi connectivity index (χ1v) is 13.0. The normalized spacial score (nSPS) is 14.7. The van der Waals surface area contributed by atoms with Gasteiger partial charge in [-0.15, -0.1) is 0 Å². The molecule has 3 aromatic rings. The first-order chi connectivity index (χ1) is 18.5. The molecule has 3 aromatic carbocycles. The fourth-order valence-electron chi connectivity index (χ4n) is 4.67. The third-order valence-electron chi connectivity index (χ3n) is 6.99. The molecule has 1 aliphatic heterocycles. The van der Waals surface area contributed by atoms with Gasteiger partial charge in [0, 0.05) is 32.7 Å². The Bertz CT molecular complexity index is 1190. The maximum Gasteiger partial charge on any atom is 0.227 e. The Kier molecular flexibility index (Phi) is 9.62. The number of ether oxygens (including phenoxy) is 4. The van der Waals surface area contributed by atoms with Crippen LogP contribution in [-0.4, -0.2) is 69.8 Å². The van der Waals surface area contributed by atoms with Crippen molar-refractivity contribution >= 4 is 5.91 Å². The molecule has 1 saturated heterocycles. The van der Waals surface area contributed by atoms with Crippen LogP contribution in [-0.2, 0) is 22.6 Å². The molecule has 7 nitrogen and oxygen atoms in total. The van der Waals surface area contributed by atoms with Crippen molar-refractivity contribution in [3.05, 3.63) is 89.0 Å². The quantitative estimate of drug-likeness (QED) is 0.368. The lowest BCUT2D eigenvalue weighted by Crippen LogP contribution is -2.50. The van der Waals surface area contributed by atoms with Crippen molar-refractivity contribution in [3.8, 4) is 17.2 Å². The monoisotopic (exact) mass is 518 g/mol. The number of hydrogen-bond donors (Lipinski definition) is 0. The maximum absolute atomic E-state index is 13.0. The van der Waals surface area contributed by atoms with Crippen molar-refractivity contribution in [2.45, 2.75) is 26.1 Å². The SMILES string of the molecule is COc1cccc([C@@H](CN2CCN(C(=O)Cc3ccc(OC)c(OC)c3)CC2)OCc2ccc(C)cc2)c1. The molecular weight excluding hydrogens is 480 g/mol. The third-order valence-corrected chi connectivity index (χ3v) is 6.99. The molecule has 1 fully saturated rings. The first-order valence-electron chi connectivity index (χ1n) is 13.0. The zero-order valence-electron chi connectivity index (χ0n) is 22.8. The second kappa shape index (κ2) is 13.3. The third kappa shape index (κ3) is 7.27. The lowest BCUT2D eigenvalue weighted by molar-refractivity contribution is -0.132. The molecule has 7 heteroatoms. The Hall–Kier alpha value is -3.55. The lowest BCUT2D eigenvalue weighted by atomic mass is 10.1. The van der Waals surface area contributed by atoms with Crippen molar-refractivity contribution in [3.63, 3.8) is 0 Å². The van der Waals surface area contributed by atoms with Gasteiger partial charge >= 0.3 is 0 Å². The van der Waals surface area contributed by atoms with Crippen LogP contribution in [0.4, 0.5) is 0 Å². The van der Waals surface area contributed by atoms with Crippen molar-refractivity contribution < 1.29 is 23.7 Å². The van der Waals surface area contributed by atoms with E-state index in [4.69, 9.17) is 18.9 Å². The molecule has 1 atom stereocenters. The summed E-state index contributed by atoms with van der Waals surface area (Å²) in [6, 6.07) is 22.2. The van der Waals surface area contributed by atoms with Crippen LogP contribution in [0.5, 0.6) is 17.2 Å². The molecule has 1 aliphatic rings. The molecule has 202 valence electrons. The van der Waals surface area contributed by atoms with E-state index in [9.17, 15) is 4.79 Å². The molecule has 1 heterocycles. The van der Waals surface area contributed by atoms with Crippen molar-refractivity contribution in [2.75, 3.05) is 54.1 Å². The Morgan fingerprint density at radius 3 is 2.21 bits per heavy atom. The fourth-order valence-corrected chi connectivity index (χ4v) is 4.67. The topological polar surface area (TPSA) is 60.5 Å². The van der Waals surface area contributed by atoms with E-state index < -0.39 is 0 Å². The molecule has 0 spiro atoms. The van der Waals surface area contributed by atoms with E-state index in [1.54, 1.807) is 21.3 Å². The van der Waals surface area contributed by atoms with Crippen molar-refractivity contribution in [2.24, 2.45) is 0 Å². The van der Waals surface area contributed by atoms with Gasteiger partial charge in [0.15, 0.2) is 11.5 Å². The molecule has 0 aliphatic carbocycles. The van der Waals surface area contributed by atoms with E-state index in [1.165, 1.54) is 5.56 Å². The largest absolute Gasteiger partial charge is 0.497 e. The summed E-state index contributed by atoms with van der Waals surface area (Å²) < 4.78 is 22.6. The van der Waals surface area contributed by atoms with E-state index in [2.05, 4.69) is 42.2 Å². The average molecular weight is 519 g/mol. The summed E-state index contributed by atoms with van der Waals surface area (Å²) in [5.41, 5.74) is 4.38. The number of rotatable bonds is 11. The van der Waals surface area contributed by atoms with Gasteiger partial charge in [0.1, 0.15) is 5.75 Å². The minimum atomic E-state index is -0.111. The number of carbonyl (C=O) groups is 1. The summed E-state index contributed by atoms with van der Waals surface area (Å²) in [5, 5.41) is 0. The number of methoxy groups -OCH3 is 3. The fraction of sp³-hybridized carbons (Fsp3) is 0.387. The second-order valence-corrected chi connectivity index (χ2v) is 9.61. The minimum Gasteiger partial charge on any atom is -0.497 e. The minimum absolute atomic E-state index is 0.111. The van der Waals surface area contributed by atoms with Crippen LogP contribution < -0.4 is 14.2 Å². The zero-order chi connectivity index (χ0) is 26.9. The van der Waals surface area contributed by atoms with E-state index in [-0.39, 0.29) is 12.0 Å². The molecule has 38 heavy (non-hydrogen) atoms. The van der Waals surface area contributed by atoms with Gasteiger partial charge in [0.25, 0.3) is 0 Å². The van der Waals surface area contributed by atoms with E-state index in [1.807, 2.05) is 41.3 Å². The van der Waals surface area contributed by atoms with E-state index in [0.717, 1.165) is 42.1 Å². The number of amides is 1. The standard InChI is InChI=1S/C31H38N2O5/c1-23-8-10-24(11-9-23)22-38-30(26-6-5-7-27(20-26)35-2)21-32-14-16-33(17-15-32)31(34)19-25-12-13-28(36-3)29(18-25)37-4/h5-13,18,20,30H,14-17,19,21-22H2,1-4H3/t30-/m1/s1. The van der Waals surface area contributed by atoms with Crippen LogP contribution in [0, 0.1) is 6.92 Å². The second-order valence-electron chi connectivity index (χ2n) is 9.61. The van der Waals surface area contributed by atoms with Crippen LogP contribution in [0.1, 0.15) is 28.4 Å². The highest BCUT2D eigenvalue weighted by Crippen LogP contribution is 2.28. The summed E-state index contributed by atoms with van der Waals surface area (Å²) in [6.45, 7) is 6.34. The predicted molar refractivity (Wildman–Crippen MR) is 148 cm³/mol. The Morgan fingerprint density at radius 2 is 1.53 bits per heavy atom. The first kappa shape index (κ1) is 27.5. The summed E-state index contributed by atoms with van der Waals surface area (Å²) in [5.74, 6) is 2.23. The van der Waals surface area contributed by atoms with Crippen LogP contribution >= 0.6 is 0 Å². The van der Waals surface area contributed by atoms with Crippen LogP contribution in [0.15, 0.2) is 66.7 Å².